The fourth-order valence-electron chi connectivity index (χ4n) is 3.35. The normalized spacial score (nSPS) is 26.1. The van der Waals surface area contributed by atoms with Gasteiger partial charge in [-0.3, -0.25) is 10.1 Å². The Kier molecular flexibility index (Phi) is 4.32. The summed E-state index contributed by atoms with van der Waals surface area (Å²) in [5.41, 5.74) is 0.262. The minimum atomic E-state index is -0.987. The van der Waals surface area contributed by atoms with Crippen molar-refractivity contribution in [3.8, 4) is 0 Å². The molecule has 0 aromatic heterocycles. The topological polar surface area (TPSA) is 87.9 Å². The van der Waals surface area contributed by atoms with Crippen molar-refractivity contribution in [2.45, 2.75) is 50.1 Å². The summed E-state index contributed by atoms with van der Waals surface area (Å²) >= 11 is 0. The Morgan fingerprint density at radius 1 is 1.26 bits per heavy atom. The fourth-order valence-corrected chi connectivity index (χ4v) is 3.35. The number of benzene rings is 1. The predicted octanol–water partition coefficient (Wildman–Crippen LogP) is 2.88. The van der Waals surface area contributed by atoms with Gasteiger partial charge in [-0.25, -0.2) is 4.79 Å². The van der Waals surface area contributed by atoms with Gasteiger partial charge in [0, 0.05) is 18.9 Å². The molecule has 1 heterocycles. The minimum Gasteiger partial charge on any atom is -0.467 e. The van der Waals surface area contributed by atoms with Crippen molar-refractivity contribution in [1.29, 1.82) is 0 Å². The molecule has 1 unspecified atom stereocenters. The molecular weight excluding hydrogens is 302 g/mol. The summed E-state index contributed by atoms with van der Waals surface area (Å²) in [7, 11) is 1.27. The van der Waals surface area contributed by atoms with E-state index in [1.807, 2.05) is 0 Å². The van der Waals surface area contributed by atoms with Crippen LogP contribution in [0.15, 0.2) is 24.3 Å². The second kappa shape index (κ2) is 6.25. The molecule has 23 heavy (non-hydrogen) atoms. The number of hydrogen-bond acceptors (Lipinski definition) is 6. The van der Waals surface area contributed by atoms with Crippen molar-refractivity contribution in [2.24, 2.45) is 0 Å². The molecule has 1 aliphatic carbocycles. The Morgan fingerprint density at radius 3 is 2.61 bits per heavy atom. The van der Waals surface area contributed by atoms with Crippen LogP contribution in [-0.4, -0.2) is 29.9 Å². The van der Waals surface area contributed by atoms with Gasteiger partial charge in [-0.05, 0) is 18.9 Å². The molecule has 1 spiro atoms. The number of nitro groups is 1. The average molecular weight is 321 g/mol. The van der Waals surface area contributed by atoms with Crippen LogP contribution in [0, 0.1) is 10.1 Å². The zero-order valence-corrected chi connectivity index (χ0v) is 12.9. The van der Waals surface area contributed by atoms with E-state index in [0.717, 1.165) is 19.3 Å². The molecule has 0 bridgehead atoms. The van der Waals surface area contributed by atoms with Crippen molar-refractivity contribution in [3.63, 3.8) is 0 Å². The van der Waals surface area contributed by atoms with Crippen LogP contribution in [0.2, 0.25) is 0 Å². The number of nitro benzene ring substituents is 1. The van der Waals surface area contributed by atoms with Crippen LogP contribution in [0.3, 0.4) is 0 Å². The Bertz CT molecular complexity index is 610. The molecule has 1 aromatic rings. The summed E-state index contributed by atoms with van der Waals surface area (Å²) in [6.45, 7) is 0. The molecule has 0 amide bonds. The summed E-state index contributed by atoms with van der Waals surface area (Å²) in [5.74, 6) is -1.42. The van der Waals surface area contributed by atoms with Gasteiger partial charge in [0.25, 0.3) is 5.69 Å². The molecule has 2 fully saturated rings. The third-order valence-electron chi connectivity index (χ3n) is 4.45. The van der Waals surface area contributed by atoms with Gasteiger partial charge in [0.05, 0.1) is 17.6 Å². The highest BCUT2D eigenvalue weighted by molar-refractivity contribution is 5.76. The molecule has 7 nitrogen and oxygen atoms in total. The summed E-state index contributed by atoms with van der Waals surface area (Å²) < 4.78 is 16.8. The largest absolute Gasteiger partial charge is 0.467 e. The zero-order chi connectivity index (χ0) is 16.4. The van der Waals surface area contributed by atoms with Gasteiger partial charge in [-0.15, -0.1) is 0 Å². The molecule has 0 radical (unpaired) electrons. The maximum absolute atomic E-state index is 12.1. The van der Waals surface area contributed by atoms with E-state index >= 15 is 0 Å². The molecule has 1 aromatic carbocycles. The van der Waals surface area contributed by atoms with Gasteiger partial charge >= 0.3 is 5.97 Å². The number of hydrogen-bond donors (Lipinski definition) is 0. The number of carbonyl (C=O) groups excluding carboxylic acids is 1. The Balaban J connectivity index is 1.98. The van der Waals surface area contributed by atoms with Crippen LogP contribution in [0.25, 0.3) is 0 Å². The summed E-state index contributed by atoms with van der Waals surface area (Å²) in [6, 6.07) is 6.27. The average Bonchev–Trinajstić information content (AvgIpc) is 2.93. The molecule has 3 rings (SSSR count). The van der Waals surface area contributed by atoms with E-state index in [2.05, 4.69) is 0 Å². The van der Waals surface area contributed by atoms with Crippen molar-refractivity contribution in [2.75, 3.05) is 7.11 Å². The number of esters is 1. The fraction of sp³-hybridized carbons (Fsp3) is 0.562. The SMILES string of the molecule is COC(=O)C1OC2(CCCCC2)O[C@@H]1c1ccccc1[N+](=O)[O-]. The van der Waals surface area contributed by atoms with E-state index in [0.29, 0.717) is 18.4 Å². The standard InChI is InChI=1S/C16H19NO6/c1-21-15(18)14-13(11-7-3-4-8-12(11)17(19)20)22-16(23-14)9-5-2-6-10-16/h3-4,7-8,13-14H,2,5-6,9-10H2,1H3/t13-,14?/m1/s1. The van der Waals surface area contributed by atoms with Crippen molar-refractivity contribution in [3.05, 3.63) is 39.9 Å². The number of nitrogens with zero attached hydrogens (tertiary/aromatic N) is 1. The van der Waals surface area contributed by atoms with E-state index in [-0.39, 0.29) is 5.69 Å². The van der Waals surface area contributed by atoms with E-state index in [9.17, 15) is 14.9 Å². The number of para-hydroxylation sites is 1. The van der Waals surface area contributed by atoms with E-state index in [1.54, 1.807) is 18.2 Å². The van der Waals surface area contributed by atoms with Gasteiger partial charge in [-0.1, -0.05) is 18.6 Å². The Hall–Kier alpha value is -1.99. The molecular formula is C16H19NO6. The van der Waals surface area contributed by atoms with Crippen LogP contribution >= 0.6 is 0 Å². The first-order valence-corrected chi connectivity index (χ1v) is 7.73. The number of ether oxygens (including phenoxy) is 3. The maximum Gasteiger partial charge on any atom is 0.338 e. The molecule has 2 atom stereocenters. The van der Waals surface area contributed by atoms with Crippen molar-refractivity contribution >= 4 is 11.7 Å². The van der Waals surface area contributed by atoms with Crippen LogP contribution in [-0.2, 0) is 19.0 Å². The molecule has 0 N–H and O–H groups in total. The summed E-state index contributed by atoms with van der Waals surface area (Å²) in [6.07, 6.45) is 2.51. The lowest BCUT2D eigenvalue weighted by molar-refractivity contribution is -0.386. The van der Waals surface area contributed by atoms with Crippen LogP contribution < -0.4 is 0 Å². The number of methoxy groups -OCH3 is 1. The number of carbonyl (C=O) groups is 1. The highest BCUT2D eigenvalue weighted by atomic mass is 16.8. The van der Waals surface area contributed by atoms with Gasteiger partial charge in [0.15, 0.2) is 11.9 Å². The quantitative estimate of drug-likeness (QED) is 0.483. The smallest absolute Gasteiger partial charge is 0.338 e. The predicted molar refractivity (Wildman–Crippen MR) is 79.6 cm³/mol. The summed E-state index contributed by atoms with van der Waals surface area (Å²) in [4.78, 5) is 22.9. The molecule has 1 saturated heterocycles. The van der Waals surface area contributed by atoms with Crippen LogP contribution in [0.4, 0.5) is 5.69 Å². The molecule has 124 valence electrons. The zero-order valence-electron chi connectivity index (χ0n) is 12.9. The number of rotatable bonds is 3. The highest BCUT2D eigenvalue weighted by Crippen LogP contribution is 2.47. The van der Waals surface area contributed by atoms with Gasteiger partial charge in [0.1, 0.15) is 6.10 Å². The van der Waals surface area contributed by atoms with Gasteiger partial charge in [-0.2, -0.15) is 0 Å². The monoisotopic (exact) mass is 321 g/mol. The lowest BCUT2D eigenvalue weighted by Crippen LogP contribution is -2.35. The lowest BCUT2D eigenvalue weighted by Gasteiger charge is -2.31. The van der Waals surface area contributed by atoms with Crippen molar-refractivity contribution in [1.82, 2.24) is 0 Å². The second-order valence-corrected chi connectivity index (χ2v) is 5.89. The van der Waals surface area contributed by atoms with Crippen LogP contribution in [0.5, 0.6) is 0 Å². The molecule has 1 saturated carbocycles. The van der Waals surface area contributed by atoms with E-state index in [4.69, 9.17) is 14.2 Å². The highest BCUT2D eigenvalue weighted by Gasteiger charge is 2.53. The van der Waals surface area contributed by atoms with Crippen LogP contribution in [0.1, 0.15) is 43.8 Å². The maximum atomic E-state index is 12.1. The lowest BCUT2D eigenvalue weighted by atomic mass is 9.94. The van der Waals surface area contributed by atoms with Gasteiger partial charge < -0.3 is 14.2 Å². The van der Waals surface area contributed by atoms with E-state index < -0.39 is 28.9 Å². The minimum absolute atomic E-state index is 0.0807. The van der Waals surface area contributed by atoms with E-state index in [1.165, 1.54) is 13.2 Å². The summed E-state index contributed by atoms with van der Waals surface area (Å²) in [5, 5.41) is 11.3. The Labute approximate surface area is 133 Å². The Morgan fingerprint density at radius 2 is 1.96 bits per heavy atom. The molecule has 7 heteroatoms. The molecule has 2 aliphatic rings. The molecule has 1 aliphatic heterocycles. The first-order chi connectivity index (χ1) is 11.1. The van der Waals surface area contributed by atoms with Crippen molar-refractivity contribution < 1.29 is 23.9 Å². The second-order valence-electron chi connectivity index (χ2n) is 5.89. The first-order valence-electron chi connectivity index (χ1n) is 7.73. The van der Waals surface area contributed by atoms with Gasteiger partial charge in [0.2, 0.25) is 0 Å². The third kappa shape index (κ3) is 2.94. The first kappa shape index (κ1) is 15.9. The third-order valence-corrected chi connectivity index (χ3v) is 4.45.